The van der Waals surface area contributed by atoms with Crippen LogP contribution in [0.5, 0.6) is 11.5 Å². The van der Waals surface area contributed by atoms with Crippen LogP contribution in [-0.4, -0.2) is 23.5 Å². The molecule has 0 aliphatic heterocycles. The maximum atomic E-state index is 12.2. The lowest BCUT2D eigenvalue weighted by molar-refractivity contribution is -0.152. The van der Waals surface area contributed by atoms with Crippen LogP contribution < -0.4 is 10.1 Å². The van der Waals surface area contributed by atoms with E-state index in [1.165, 1.54) is 10.9 Å². The van der Waals surface area contributed by atoms with Crippen molar-refractivity contribution >= 4 is 28.5 Å². The molecule has 2 fully saturated rings. The number of rotatable bonds is 7. The minimum Gasteiger partial charge on any atom is -0.459 e. The molecule has 0 unspecified atom stereocenters. The van der Waals surface area contributed by atoms with E-state index >= 15 is 0 Å². The molecule has 0 spiro atoms. The van der Waals surface area contributed by atoms with Gasteiger partial charge in [0.2, 0.25) is 0 Å². The van der Waals surface area contributed by atoms with Crippen LogP contribution in [0.4, 0.5) is 5.69 Å². The number of hydrogen-bond donors (Lipinski definition) is 2. The molecular formula is C27H30N2O4. The van der Waals surface area contributed by atoms with Crippen LogP contribution in [0.2, 0.25) is 0 Å². The van der Waals surface area contributed by atoms with Crippen molar-refractivity contribution in [3.8, 4) is 11.5 Å². The molecule has 2 aromatic carbocycles. The molecule has 0 radical (unpaired) electrons. The number of esters is 1. The number of ether oxygens (including phenoxy) is 2. The van der Waals surface area contributed by atoms with Crippen molar-refractivity contribution in [1.82, 2.24) is 4.98 Å². The van der Waals surface area contributed by atoms with Crippen molar-refractivity contribution in [3.63, 3.8) is 0 Å². The third-order valence-electron chi connectivity index (χ3n) is 6.43. The second-order valence-electron chi connectivity index (χ2n) is 9.42. The van der Waals surface area contributed by atoms with Crippen LogP contribution in [0.15, 0.2) is 36.5 Å². The minimum atomic E-state index is -0.862. The van der Waals surface area contributed by atoms with Crippen molar-refractivity contribution in [2.45, 2.75) is 64.2 Å². The summed E-state index contributed by atoms with van der Waals surface area (Å²) in [7, 11) is 0. The van der Waals surface area contributed by atoms with Crippen molar-refractivity contribution in [2.75, 3.05) is 11.9 Å². The van der Waals surface area contributed by atoms with Crippen LogP contribution in [0, 0.1) is 0 Å². The molecule has 2 saturated carbocycles. The fourth-order valence-corrected chi connectivity index (χ4v) is 4.42. The Hall–Kier alpha value is -3.28. The Morgan fingerprint density at radius 3 is 2.30 bits per heavy atom. The summed E-state index contributed by atoms with van der Waals surface area (Å²) in [5, 5.41) is 3.91. The lowest BCUT2D eigenvalue weighted by Gasteiger charge is -2.18. The van der Waals surface area contributed by atoms with E-state index in [2.05, 4.69) is 42.5 Å². The van der Waals surface area contributed by atoms with Crippen LogP contribution in [-0.2, 0) is 14.3 Å². The van der Waals surface area contributed by atoms with E-state index in [9.17, 15) is 9.59 Å². The van der Waals surface area contributed by atoms with Gasteiger partial charge in [-0.25, -0.2) is 4.79 Å². The maximum Gasteiger partial charge on any atom is 0.397 e. The summed E-state index contributed by atoms with van der Waals surface area (Å²) in [5.41, 5.74) is 5.23. The summed E-state index contributed by atoms with van der Waals surface area (Å²) < 4.78 is 11.4. The molecule has 6 heteroatoms. The van der Waals surface area contributed by atoms with Crippen molar-refractivity contribution in [3.05, 3.63) is 53.2 Å². The van der Waals surface area contributed by atoms with Gasteiger partial charge in [0, 0.05) is 33.9 Å². The highest BCUT2D eigenvalue weighted by molar-refractivity contribution is 6.37. The van der Waals surface area contributed by atoms with Gasteiger partial charge in [0.1, 0.15) is 11.5 Å². The topological polar surface area (TPSA) is 80.4 Å². The highest BCUT2D eigenvalue weighted by Crippen LogP contribution is 2.53. The van der Waals surface area contributed by atoms with Gasteiger partial charge in [-0.15, -0.1) is 0 Å². The predicted molar refractivity (Wildman–Crippen MR) is 128 cm³/mol. The Morgan fingerprint density at radius 1 is 1.06 bits per heavy atom. The quantitative estimate of drug-likeness (QED) is 0.328. The molecule has 33 heavy (non-hydrogen) atoms. The van der Waals surface area contributed by atoms with Crippen LogP contribution in [0.1, 0.15) is 80.9 Å². The Balaban J connectivity index is 1.51. The smallest absolute Gasteiger partial charge is 0.397 e. The van der Waals surface area contributed by atoms with Gasteiger partial charge in [0.25, 0.3) is 0 Å². The number of aromatic nitrogens is 1. The second-order valence-corrected chi connectivity index (χ2v) is 9.42. The van der Waals surface area contributed by atoms with Gasteiger partial charge in [-0.3, -0.25) is 4.79 Å². The SMILES string of the molecule is CCOC(=O)C(=O)Nc1cc(C2CC2)c(Oc2ccc3[nH]cc(C(C)C)c3c2)c(C2CC2)c1. The summed E-state index contributed by atoms with van der Waals surface area (Å²) in [6.45, 7) is 6.23. The number of benzene rings is 2. The molecule has 0 atom stereocenters. The molecule has 1 amide bonds. The lowest BCUT2D eigenvalue weighted by Crippen LogP contribution is -2.25. The van der Waals surface area contributed by atoms with Crippen molar-refractivity contribution in [2.24, 2.45) is 0 Å². The number of anilines is 1. The highest BCUT2D eigenvalue weighted by atomic mass is 16.5. The van der Waals surface area contributed by atoms with Gasteiger partial charge in [-0.05, 0) is 86.3 Å². The first kappa shape index (κ1) is 21.6. The Morgan fingerprint density at radius 2 is 1.73 bits per heavy atom. The third kappa shape index (κ3) is 4.47. The summed E-state index contributed by atoms with van der Waals surface area (Å²) in [4.78, 5) is 27.4. The fourth-order valence-electron chi connectivity index (χ4n) is 4.42. The first-order chi connectivity index (χ1) is 15.9. The fraction of sp³-hybridized carbons (Fsp3) is 0.407. The summed E-state index contributed by atoms with van der Waals surface area (Å²) in [6.07, 6.45) is 6.48. The number of H-pyrrole nitrogens is 1. The molecule has 2 aliphatic rings. The van der Waals surface area contributed by atoms with Crippen LogP contribution >= 0.6 is 0 Å². The van der Waals surface area contributed by atoms with E-state index in [0.29, 0.717) is 23.4 Å². The van der Waals surface area contributed by atoms with E-state index in [4.69, 9.17) is 9.47 Å². The number of hydrogen-bond acceptors (Lipinski definition) is 4. The van der Waals surface area contributed by atoms with E-state index in [1.54, 1.807) is 6.92 Å². The number of carbonyl (C=O) groups excluding carboxylic acids is 2. The Bertz CT molecular complexity index is 1190. The number of aromatic amines is 1. The average Bonchev–Trinajstić information content (AvgIpc) is 3.71. The first-order valence-corrected chi connectivity index (χ1v) is 11.9. The molecule has 172 valence electrons. The molecule has 0 saturated heterocycles. The molecule has 1 heterocycles. The summed E-state index contributed by atoms with van der Waals surface area (Å²) in [5.74, 6) is 1.37. The van der Waals surface area contributed by atoms with Gasteiger partial charge in [0.15, 0.2) is 0 Å². The van der Waals surface area contributed by atoms with Gasteiger partial charge >= 0.3 is 11.9 Å². The standard InChI is InChI=1S/C27H30N2O4/c1-4-32-27(31)26(30)29-18-11-20(16-5-6-16)25(21(12-18)17-7-8-17)33-19-9-10-24-22(13-19)23(14-28-24)15(2)3/h9-17,28H,4-8H2,1-3H3,(H,29,30). The maximum absolute atomic E-state index is 12.2. The number of nitrogens with one attached hydrogen (secondary N) is 2. The van der Waals surface area contributed by atoms with Crippen LogP contribution in [0.3, 0.4) is 0 Å². The van der Waals surface area contributed by atoms with E-state index in [-0.39, 0.29) is 6.61 Å². The molecule has 1 aromatic heterocycles. The number of amides is 1. The van der Waals surface area contributed by atoms with E-state index in [0.717, 1.165) is 53.8 Å². The van der Waals surface area contributed by atoms with Crippen LogP contribution in [0.25, 0.3) is 10.9 Å². The van der Waals surface area contributed by atoms with Crippen molar-refractivity contribution in [1.29, 1.82) is 0 Å². The zero-order valence-corrected chi connectivity index (χ0v) is 19.4. The van der Waals surface area contributed by atoms with Crippen molar-refractivity contribution < 1.29 is 19.1 Å². The third-order valence-corrected chi connectivity index (χ3v) is 6.43. The number of carbonyl (C=O) groups is 2. The molecular weight excluding hydrogens is 416 g/mol. The zero-order valence-electron chi connectivity index (χ0n) is 19.4. The molecule has 6 nitrogen and oxygen atoms in total. The second kappa shape index (κ2) is 8.58. The predicted octanol–water partition coefficient (Wildman–Crippen LogP) is 6.34. The summed E-state index contributed by atoms with van der Waals surface area (Å²) >= 11 is 0. The monoisotopic (exact) mass is 446 g/mol. The highest BCUT2D eigenvalue weighted by Gasteiger charge is 2.34. The normalized spacial score (nSPS) is 15.6. The zero-order chi connectivity index (χ0) is 23.1. The largest absolute Gasteiger partial charge is 0.459 e. The summed E-state index contributed by atoms with van der Waals surface area (Å²) in [6, 6.07) is 10.1. The Labute approximate surface area is 193 Å². The molecule has 2 aliphatic carbocycles. The van der Waals surface area contributed by atoms with Gasteiger partial charge in [0.05, 0.1) is 6.61 Å². The minimum absolute atomic E-state index is 0.170. The van der Waals surface area contributed by atoms with Gasteiger partial charge < -0.3 is 19.8 Å². The molecule has 2 N–H and O–H groups in total. The lowest BCUT2D eigenvalue weighted by atomic mass is 10.00. The molecule has 5 rings (SSSR count). The first-order valence-electron chi connectivity index (χ1n) is 11.9. The molecule has 0 bridgehead atoms. The van der Waals surface area contributed by atoms with E-state index < -0.39 is 11.9 Å². The van der Waals surface area contributed by atoms with Gasteiger partial charge in [-0.1, -0.05) is 13.8 Å². The van der Waals surface area contributed by atoms with E-state index in [1.807, 2.05) is 18.2 Å². The Kier molecular flexibility index (Phi) is 5.60. The number of fused-ring (bicyclic) bond motifs is 1. The molecule has 3 aromatic rings. The van der Waals surface area contributed by atoms with Gasteiger partial charge in [-0.2, -0.15) is 0 Å². The average molecular weight is 447 g/mol.